The van der Waals surface area contributed by atoms with Gasteiger partial charge in [0.1, 0.15) is 6.54 Å². The summed E-state index contributed by atoms with van der Waals surface area (Å²) in [6.07, 6.45) is 11.2. The molecule has 3 aromatic carbocycles. The fourth-order valence-corrected chi connectivity index (χ4v) is 6.88. The summed E-state index contributed by atoms with van der Waals surface area (Å²) < 4.78 is 0. The van der Waals surface area contributed by atoms with Crippen LogP contribution in [0, 0.1) is 5.92 Å². The van der Waals surface area contributed by atoms with Crippen molar-refractivity contribution >= 4 is 28.9 Å². The Morgan fingerprint density at radius 3 is 2.21 bits per heavy atom. The van der Waals surface area contributed by atoms with Crippen LogP contribution in [0.1, 0.15) is 74.5 Å². The van der Waals surface area contributed by atoms with Crippen LogP contribution in [0.3, 0.4) is 0 Å². The van der Waals surface area contributed by atoms with E-state index in [-0.39, 0.29) is 12.5 Å². The van der Waals surface area contributed by atoms with Crippen molar-refractivity contribution in [2.45, 2.75) is 63.4 Å². The summed E-state index contributed by atoms with van der Waals surface area (Å²) in [7, 11) is 1.76. The van der Waals surface area contributed by atoms with E-state index in [4.69, 9.17) is 11.6 Å². The van der Waals surface area contributed by atoms with Crippen molar-refractivity contribution in [1.29, 1.82) is 0 Å². The molecule has 3 aromatic rings. The van der Waals surface area contributed by atoms with Gasteiger partial charge < -0.3 is 14.9 Å². The molecule has 0 bridgehead atoms. The number of amides is 1. The molecule has 3 aliphatic rings. The Balaban J connectivity index is 0.000000169. The number of rotatable bonds is 6. The van der Waals surface area contributed by atoms with Crippen LogP contribution in [0.5, 0.6) is 0 Å². The van der Waals surface area contributed by atoms with Gasteiger partial charge >= 0.3 is 0 Å². The molecule has 0 aromatic heterocycles. The van der Waals surface area contributed by atoms with Crippen LogP contribution < -0.4 is 4.90 Å². The predicted octanol–water partition coefficient (Wildman–Crippen LogP) is 7.48. The number of nitrogens with zero attached hydrogens (tertiary/aromatic N) is 3. The van der Waals surface area contributed by atoms with E-state index in [0.717, 1.165) is 41.1 Å². The number of aliphatic imine (C=N–C) groups is 1. The third kappa shape index (κ3) is 7.31. The number of carbonyl (C=O) groups is 1. The Bertz CT molecular complexity index is 1330. The Kier molecular flexibility index (Phi) is 10.5. The monoisotopic (exact) mass is 585 g/mol. The molecule has 1 atom stereocenters. The number of likely N-dealkylation sites (tertiary alicyclic amines) is 1. The van der Waals surface area contributed by atoms with Gasteiger partial charge in [0.25, 0.3) is 0 Å². The maximum atomic E-state index is 12.0. The number of halogens is 1. The zero-order valence-electron chi connectivity index (χ0n) is 24.9. The van der Waals surface area contributed by atoms with E-state index >= 15 is 0 Å². The van der Waals surface area contributed by atoms with E-state index in [2.05, 4.69) is 40.2 Å². The average Bonchev–Trinajstić information content (AvgIpc) is 3.17. The van der Waals surface area contributed by atoms with Crippen molar-refractivity contribution in [2.24, 2.45) is 10.9 Å². The first kappa shape index (κ1) is 30.5. The maximum absolute atomic E-state index is 12.0. The van der Waals surface area contributed by atoms with Crippen LogP contribution >= 0.6 is 11.6 Å². The molecular weight excluding hydrogens is 542 g/mol. The molecule has 222 valence electrons. The van der Waals surface area contributed by atoms with E-state index in [9.17, 15) is 9.90 Å². The first-order valence-corrected chi connectivity index (χ1v) is 16.0. The molecule has 6 rings (SSSR count). The summed E-state index contributed by atoms with van der Waals surface area (Å²) in [5.41, 5.74) is 4.02. The standard InChI is InChI=1S/C20H31NO.C16H13ClN2O/c22-20(18-10-4-1-5-11-18,19-12-6-2-7-13-19)14-17-21-15-8-3-9-16-21;1-19-14-8-7-12(17)9-13(14)16(18-10-15(19)20)11-5-3-2-4-6-11/h1,4-5,10-11,19,22H,2-3,6-9,12-17H2;2-9H,10H2,1H3. The van der Waals surface area contributed by atoms with Crippen LogP contribution in [0.15, 0.2) is 83.9 Å². The van der Waals surface area contributed by atoms with Crippen molar-refractivity contribution in [1.82, 2.24) is 4.90 Å². The predicted molar refractivity (Wildman–Crippen MR) is 174 cm³/mol. The zero-order chi connectivity index (χ0) is 29.4. The van der Waals surface area contributed by atoms with E-state index in [0.29, 0.717) is 10.9 Å². The van der Waals surface area contributed by atoms with E-state index in [1.54, 1.807) is 18.0 Å². The molecule has 1 unspecified atom stereocenters. The molecule has 42 heavy (non-hydrogen) atoms. The van der Waals surface area contributed by atoms with E-state index in [1.165, 1.54) is 64.5 Å². The van der Waals surface area contributed by atoms with Gasteiger partial charge in [0.2, 0.25) is 5.91 Å². The van der Waals surface area contributed by atoms with Crippen molar-refractivity contribution in [3.8, 4) is 0 Å². The highest BCUT2D eigenvalue weighted by atomic mass is 35.5. The van der Waals surface area contributed by atoms with Crippen molar-refractivity contribution in [3.63, 3.8) is 0 Å². The molecule has 1 saturated carbocycles. The SMILES string of the molecule is CN1C(=O)CN=C(c2ccccc2)c2cc(Cl)ccc21.OC(CCN1CCCCC1)(c1ccccc1)C1CCCCC1. The third-order valence-corrected chi connectivity index (χ3v) is 9.42. The molecule has 1 aliphatic carbocycles. The van der Waals surface area contributed by atoms with E-state index < -0.39 is 5.60 Å². The number of aliphatic hydroxyl groups is 1. The summed E-state index contributed by atoms with van der Waals surface area (Å²) in [6.45, 7) is 3.62. The van der Waals surface area contributed by atoms with Crippen LogP contribution in [0.2, 0.25) is 5.02 Å². The van der Waals surface area contributed by atoms with Gasteiger partial charge in [-0.2, -0.15) is 0 Å². The van der Waals surface area contributed by atoms with Crippen molar-refractivity contribution < 1.29 is 9.90 Å². The molecule has 1 amide bonds. The second kappa shape index (κ2) is 14.5. The first-order valence-electron chi connectivity index (χ1n) is 15.6. The topological polar surface area (TPSA) is 56.1 Å². The second-order valence-corrected chi connectivity index (χ2v) is 12.4. The van der Waals surface area contributed by atoms with Gasteiger partial charge in [0.15, 0.2) is 0 Å². The number of benzodiazepines with no additional fused rings is 1. The maximum Gasteiger partial charge on any atom is 0.248 e. The number of hydrogen-bond donors (Lipinski definition) is 1. The summed E-state index contributed by atoms with van der Waals surface area (Å²) in [4.78, 5) is 20.7. The molecule has 1 N–H and O–H groups in total. The lowest BCUT2D eigenvalue weighted by Gasteiger charge is -2.40. The van der Waals surface area contributed by atoms with Gasteiger partial charge in [-0.15, -0.1) is 0 Å². The van der Waals surface area contributed by atoms with Gasteiger partial charge in [0, 0.05) is 29.7 Å². The lowest BCUT2D eigenvalue weighted by atomic mass is 9.71. The highest BCUT2D eigenvalue weighted by molar-refractivity contribution is 6.32. The highest BCUT2D eigenvalue weighted by Crippen LogP contribution is 2.42. The zero-order valence-corrected chi connectivity index (χ0v) is 25.6. The second-order valence-electron chi connectivity index (χ2n) is 11.9. The molecule has 6 heteroatoms. The number of likely N-dealkylation sites (N-methyl/N-ethyl adjacent to an activating group) is 1. The van der Waals surface area contributed by atoms with E-state index in [1.807, 2.05) is 42.5 Å². The number of fused-ring (bicyclic) bond motifs is 1. The summed E-state index contributed by atoms with van der Waals surface area (Å²) >= 11 is 6.11. The fraction of sp³-hybridized carbons (Fsp3) is 0.444. The minimum atomic E-state index is -0.626. The van der Waals surface area contributed by atoms with Gasteiger partial charge in [-0.05, 0) is 74.9 Å². The number of piperidine rings is 1. The molecular formula is C36H44ClN3O2. The number of anilines is 1. The minimum Gasteiger partial charge on any atom is -0.385 e. The smallest absolute Gasteiger partial charge is 0.248 e. The van der Waals surface area contributed by atoms with Gasteiger partial charge in [-0.25, -0.2) is 0 Å². The normalized spacial score (nSPS) is 19.5. The molecule has 2 aliphatic heterocycles. The van der Waals surface area contributed by atoms with Crippen LogP contribution in [0.4, 0.5) is 5.69 Å². The Hall–Kier alpha value is -2.99. The van der Waals surface area contributed by atoms with Gasteiger partial charge in [-0.3, -0.25) is 9.79 Å². The lowest BCUT2D eigenvalue weighted by molar-refractivity contribution is -0.116. The molecule has 2 heterocycles. The third-order valence-electron chi connectivity index (χ3n) is 9.18. The molecule has 5 nitrogen and oxygen atoms in total. The lowest BCUT2D eigenvalue weighted by Crippen LogP contribution is -2.41. The summed E-state index contributed by atoms with van der Waals surface area (Å²) in [5, 5.41) is 12.2. The number of benzene rings is 3. The van der Waals surface area contributed by atoms with Crippen LogP contribution in [-0.2, 0) is 10.4 Å². The van der Waals surface area contributed by atoms with Gasteiger partial charge in [-0.1, -0.05) is 97.9 Å². The molecule has 0 radical (unpaired) electrons. The minimum absolute atomic E-state index is 0.0282. The number of carbonyl (C=O) groups excluding carboxylic acids is 1. The van der Waals surface area contributed by atoms with Crippen LogP contribution in [-0.4, -0.2) is 54.9 Å². The Labute approximate surface area is 256 Å². The molecule has 1 saturated heterocycles. The highest BCUT2D eigenvalue weighted by Gasteiger charge is 2.38. The summed E-state index contributed by atoms with van der Waals surface area (Å²) in [5.74, 6) is 0.410. The number of hydrogen-bond acceptors (Lipinski definition) is 4. The quantitative estimate of drug-likeness (QED) is 0.326. The van der Waals surface area contributed by atoms with Crippen molar-refractivity contribution in [3.05, 3.63) is 101 Å². The summed E-state index contributed by atoms with van der Waals surface area (Å²) in [6, 6.07) is 25.8. The van der Waals surface area contributed by atoms with Crippen molar-refractivity contribution in [2.75, 3.05) is 38.1 Å². The average molecular weight is 586 g/mol. The largest absolute Gasteiger partial charge is 0.385 e. The molecule has 2 fully saturated rings. The fourth-order valence-electron chi connectivity index (χ4n) is 6.71. The van der Waals surface area contributed by atoms with Crippen LogP contribution in [0.25, 0.3) is 0 Å². The first-order chi connectivity index (χ1) is 20.5. The molecule has 0 spiro atoms. The Morgan fingerprint density at radius 1 is 0.881 bits per heavy atom. The Morgan fingerprint density at radius 2 is 1.52 bits per heavy atom. The van der Waals surface area contributed by atoms with Gasteiger partial charge in [0.05, 0.1) is 17.0 Å².